The van der Waals surface area contributed by atoms with Gasteiger partial charge in [-0.05, 0) is 6.92 Å². The molecule has 0 aliphatic heterocycles. The van der Waals surface area contributed by atoms with Gasteiger partial charge in [0.2, 0.25) is 0 Å². The van der Waals surface area contributed by atoms with E-state index in [2.05, 4.69) is 0 Å². The van der Waals surface area contributed by atoms with E-state index in [4.69, 9.17) is 9.79 Å². The third kappa shape index (κ3) is 9.79. The Hall–Kier alpha value is -0.130. The lowest BCUT2D eigenvalue weighted by molar-refractivity contribution is -0.881. The van der Waals surface area contributed by atoms with Gasteiger partial charge in [0.1, 0.15) is 6.54 Å². The van der Waals surface area contributed by atoms with Crippen LogP contribution in [-0.4, -0.2) is 35.1 Å². The van der Waals surface area contributed by atoms with Crippen molar-refractivity contribution < 1.29 is 41.6 Å². The minimum atomic E-state index is -4.12. The Morgan fingerprint density at radius 3 is 2.23 bits per heavy atom. The topological polar surface area (TPSA) is 102 Å². The fraction of sp³-hybridized carbons (Fsp3) is 0.800. The van der Waals surface area contributed by atoms with Crippen LogP contribution >= 0.6 is 7.60 Å². The van der Waals surface area contributed by atoms with E-state index in [0.717, 1.165) is 0 Å². The van der Waals surface area contributed by atoms with Gasteiger partial charge in [-0.15, -0.1) is 0 Å². The summed E-state index contributed by atoms with van der Waals surface area (Å²) in [4.78, 5) is 27.4. The first-order chi connectivity index (χ1) is 5.35. The molecule has 1 atom stereocenters. The fourth-order valence-corrected chi connectivity index (χ4v) is 1.71. The number of halogens is 1. The number of carboxylic acid groups (broad SMARTS) is 1. The molecule has 8 heteroatoms. The van der Waals surface area contributed by atoms with Crippen LogP contribution in [0.15, 0.2) is 0 Å². The van der Waals surface area contributed by atoms with Gasteiger partial charge in [0, 0.05) is 0 Å². The van der Waals surface area contributed by atoms with Gasteiger partial charge in [-0.3, -0.25) is 4.57 Å². The van der Waals surface area contributed by atoms with Crippen molar-refractivity contribution in [1.29, 1.82) is 0 Å². The van der Waals surface area contributed by atoms with Gasteiger partial charge in [-0.1, -0.05) is 0 Å². The third-order valence-electron chi connectivity index (χ3n) is 1.32. The lowest BCUT2D eigenvalue weighted by Gasteiger charge is -2.17. The van der Waals surface area contributed by atoms with Crippen molar-refractivity contribution in [2.24, 2.45) is 0 Å². The molecular formula is C5H12ClNO5P-. The zero-order valence-electron chi connectivity index (χ0n) is 7.07. The quantitative estimate of drug-likeness (QED) is 0.410. The van der Waals surface area contributed by atoms with E-state index in [-0.39, 0.29) is 19.0 Å². The molecule has 1 unspecified atom stereocenters. The summed E-state index contributed by atoms with van der Waals surface area (Å²) in [6.07, 6.45) is -0.461. The van der Waals surface area contributed by atoms with Crippen molar-refractivity contribution in [1.82, 2.24) is 0 Å². The van der Waals surface area contributed by atoms with Crippen LogP contribution < -0.4 is 22.4 Å². The van der Waals surface area contributed by atoms with Crippen molar-refractivity contribution in [3.05, 3.63) is 0 Å². The first-order valence-corrected chi connectivity index (χ1v) is 5.23. The molecule has 0 aromatic heterocycles. The second kappa shape index (κ2) is 6.34. The molecule has 0 saturated carbocycles. The summed E-state index contributed by atoms with van der Waals surface area (Å²) >= 11 is 0. The van der Waals surface area contributed by atoms with Crippen LogP contribution in [0, 0.1) is 0 Å². The van der Waals surface area contributed by atoms with Crippen LogP contribution in [0.3, 0.4) is 0 Å². The van der Waals surface area contributed by atoms with Crippen LogP contribution in [0.4, 0.5) is 0 Å². The Morgan fingerprint density at radius 1 is 1.54 bits per heavy atom. The molecule has 0 radical (unpaired) electrons. The van der Waals surface area contributed by atoms with E-state index < -0.39 is 19.9 Å². The molecule has 3 N–H and O–H groups in total. The molecule has 0 bridgehead atoms. The van der Waals surface area contributed by atoms with E-state index in [9.17, 15) is 14.5 Å². The van der Waals surface area contributed by atoms with E-state index >= 15 is 0 Å². The molecule has 0 heterocycles. The second-order valence-corrected chi connectivity index (χ2v) is 4.12. The van der Waals surface area contributed by atoms with Crippen LogP contribution in [0.2, 0.25) is 0 Å². The fourth-order valence-electron chi connectivity index (χ4n) is 0.788. The maximum atomic E-state index is 10.4. The largest absolute Gasteiger partial charge is 1.00 e. The van der Waals surface area contributed by atoms with Gasteiger partial charge in [-0.25, -0.2) is 0 Å². The van der Waals surface area contributed by atoms with E-state index in [0.29, 0.717) is 11.4 Å². The van der Waals surface area contributed by atoms with Crippen molar-refractivity contribution in [2.45, 2.75) is 6.92 Å². The second-order valence-electron chi connectivity index (χ2n) is 2.48. The number of aliphatic carboxylic acids is 1. The molecule has 80 valence electrons. The number of hydrogen-bond donors (Lipinski definition) is 3. The number of likely N-dealkylation sites (N-methyl/N-ethyl adjacent to an activating group) is 1. The molecule has 0 aliphatic carbocycles. The van der Waals surface area contributed by atoms with E-state index in [1.807, 2.05) is 0 Å². The maximum absolute atomic E-state index is 10.4. The van der Waals surface area contributed by atoms with E-state index in [1.165, 1.54) is 0 Å². The highest BCUT2D eigenvalue weighted by molar-refractivity contribution is 7.51. The predicted octanol–water partition coefficient (Wildman–Crippen LogP) is -6.22. The molecule has 13 heavy (non-hydrogen) atoms. The molecular weight excluding hydrogens is 220 g/mol. The average molecular weight is 233 g/mol. The molecule has 0 spiro atoms. The molecule has 0 aromatic carbocycles. The molecule has 0 aromatic rings. The molecule has 0 amide bonds. The van der Waals surface area contributed by atoms with Crippen LogP contribution in [0.5, 0.6) is 0 Å². The van der Waals surface area contributed by atoms with Gasteiger partial charge in [-0.2, -0.15) is 0 Å². The van der Waals surface area contributed by atoms with Gasteiger partial charge in [0.15, 0.2) is 6.29 Å². The summed E-state index contributed by atoms with van der Waals surface area (Å²) in [6.45, 7) is 1.62. The first-order valence-electron chi connectivity index (χ1n) is 3.43. The number of carbonyl (C=O) groups is 1. The SMILES string of the molecule is CC[NH+](CC(=O)[O-])CP(=O)(O)O.[Cl-]. The number of carboxylic acids is 1. The zero-order valence-corrected chi connectivity index (χ0v) is 8.72. The first kappa shape index (κ1) is 15.3. The summed E-state index contributed by atoms with van der Waals surface area (Å²) in [5.41, 5.74) is 0. The Labute approximate surface area is 82.1 Å². The Kier molecular flexibility index (Phi) is 7.49. The summed E-state index contributed by atoms with van der Waals surface area (Å²) < 4.78 is 10.4. The Morgan fingerprint density at radius 2 is 2.00 bits per heavy atom. The van der Waals surface area contributed by atoms with Crippen LogP contribution in [-0.2, 0) is 9.36 Å². The predicted molar refractivity (Wildman–Crippen MR) is 38.3 cm³/mol. The summed E-state index contributed by atoms with van der Waals surface area (Å²) in [5.74, 6) is -1.31. The molecule has 6 nitrogen and oxygen atoms in total. The number of quaternary nitrogens is 1. The molecule has 0 saturated heterocycles. The third-order valence-corrected chi connectivity index (χ3v) is 2.18. The molecule has 0 fully saturated rings. The zero-order chi connectivity index (χ0) is 9.78. The lowest BCUT2D eigenvalue weighted by Crippen LogP contribution is -3.12. The smallest absolute Gasteiger partial charge is 0.379 e. The van der Waals surface area contributed by atoms with Crippen molar-refractivity contribution in [3.63, 3.8) is 0 Å². The van der Waals surface area contributed by atoms with Crippen LogP contribution in [0.25, 0.3) is 0 Å². The van der Waals surface area contributed by atoms with Gasteiger partial charge in [0.25, 0.3) is 0 Å². The number of rotatable bonds is 5. The van der Waals surface area contributed by atoms with Crippen LogP contribution in [0.1, 0.15) is 6.92 Å². The molecule has 0 rings (SSSR count). The summed E-state index contributed by atoms with van der Waals surface area (Å²) in [5, 5.41) is 10.1. The monoisotopic (exact) mass is 232 g/mol. The van der Waals surface area contributed by atoms with Crippen molar-refractivity contribution in [3.8, 4) is 0 Å². The average Bonchev–Trinajstić information content (AvgIpc) is 1.82. The standard InChI is InChI=1S/C5H12NO5P.ClH/c1-2-6(3-5(7)8)4-12(9,10)11;/h2-4H2,1H3,(H,7,8)(H2,9,10,11);1H/p-1. The highest BCUT2D eigenvalue weighted by Crippen LogP contribution is 2.30. The van der Waals surface area contributed by atoms with Crippen molar-refractivity contribution in [2.75, 3.05) is 19.4 Å². The maximum Gasteiger partial charge on any atom is 0.379 e. The summed E-state index contributed by atoms with van der Waals surface area (Å²) in [7, 11) is -4.12. The minimum absolute atomic E-state index is 0. The Balaban J connectivity index is 0. The van der Waals surface area contributed by atoms with Crippen molar-refractivity contribution >= 4 is 13.6 Å². The van der Waals surface area contributed by atoms with Gasteiger partial charge in [0.05, 0.1) is 12.5 Å². The lowest BCUT2D eigenvalue weighted by atomic mass is 10.5. The number of carbonyl (C=O) groups excluding carboxylic acids is 1. The van der Waals surface area contributed by atoms with Gasteiger partial charge < -0.3 is 37.0 Å². The van der Waals surface area contributed by atoms with Gasteiger partial charge >= 0.3 is 7.60 Å². The minimum Gasteiger partial charge on any atom is -1.00 e. The van der Waals surface area contributed by atoms with E-state index in [1.54, 1.807) is 6.92 Å². The highest BCUT2D eigenvalue weighted by atomic mass is 35.5. The summed E-state index contributed by atoms with van der Waals surface area (Å²) in [6, 6.07) is 0. The Bertz CT molecular complexity index is 205. The number of nitrogens with one attached hydrogen (secondary N) is 1. The highest BCUT2D eigenvalue weighted by Gasteiger charge is 2.21. The molecule has 0 aliphatic rings. The normalized spacial score (nSPS) is 13.2. The number of hydrogen-bond acceptors (Lipinski definition) is 3.